The third-order valence-electron chi connectivity index (χ3n) is 6.63. The quantitative estimate of drug-likeness (QED) is 0.264. The van der Waals surface area contributed by atoms with Gasteiger partial charge in [0.25, 0.3) is 0 Å². The van der Waals surface area contributed by atoms with Gasteiger partial charge in [0.1, 0.15) is 11.6 Å². The van der Waals surface area contributed by atoms with Gasteiger partial charge in [0.15, 0.2) is 11.8 Å². The Morgan fingerprint density at radius 2 is 1.97 bits per heavy atom. The molecule has 1 fully saturated rings. The second kappa shape index (κ2) is 11.2. The first-order valence-corrected chi connectivity index (χ1v) is 11.8. The molecule has 34 heavy (non-hydrogen) atoms. The van der Waals surface area contributed by atoms with Gasteiger partial charge < -0.3 is 19.9 Å². The summed E-state index contributed by atoms with van der Waals surface area (Å²) in [6.07, 6.45) is 8.00. The second-order valence-electron chi connectivity index (χ2n) is 8.84. The van der Waals surface area contributed by atoms with Gasteiger partial charge in [-0.3, -0.25) is 4.68 Å². The molecule has 0 bridgehead atoms. The number of aryl methyl sites for hydroxylation is 1. The lowest BCUT2D eigenvalue weighted by molar-refractivity contribution is 0.261. The molecule has 3 aromatic rings. The predicted octanol–water partition coefficient (Wildman–Crippen LogP) is 3.81. The number of benzene rings is 1. The molecule has 1 unspecified atom stereocenters. The lowest BCUT2D eigenvalue weighted by atomic mass is 10.0. The number of rotatable bonds is 6. The third-order valence-corrected chi connectivity index (χ3v) is 6.63. The minimum Gasteiger partial charge on any atom is -0.493 e. The van der Waals surface area contributed by atoms with E-state index < -0.39 is 0 Å². The van der Waals surface area contributed by atoms with Gasteiger partial charge in [-0.05, 0) is 31.9 Å². The van der Waals surface area contributed by atoms with Crippen molar-refractivity contribution in [2.24, 2.45) is 12.0 Å². The highest BCUT2D eigenvalue weighted by molar-refractivity contribution is 14.0. The normalized spacial score (nSPS) is 18.2. The van der Waals surface area contributed by atoms with Gasteiger partial charge in [-0.2, -0.15) is 5.10 Å². The molecule has 0 spiro atoms. The van der Waals surface area contributed by atoms with E-state index in [0.717, 1.165) is 41.0 Å². The maximum atomic E-state index is 5.83. The molecule has 0 saturated heterocycles. The van der Waals surface area contributed by atoms with Crippen molar-refractivity contribution in [2.45, 2.75) is 64.2 Å². The molecule has 10 heteroatoms. The summed E-state index contributed by atoms with van der Waals surface area (Å²) >= 11 is 0. The van der Waals surface area contributed by atoms with Gasteiger partial charge in [0, 0.05) is 25.2 Å². The van der Waals surface area contributed by atoms with E-state index in [-0.39, 0.29) is 30.0 Å². The van der Waals surface area contributed by atoms with Crippen molar-refractivity contribution in [1.29, 1.82) is 0 Å². The Morgan fingerprint density at radius 1 is 1.15 bits per heavy atom. The van der Waals surface area contributed by atoms with Crippen molar-refractivity contribution in [3.05, 3.63) is 59.4 Å². The van der Waals surface area contributed by atoms with Crippen LogP contribution in [0.15, 0.2) is 41.5 Å². The molecule has 2 N–H and O–H groups in total. The van der Waals surface area contributed by atoms with Gasteiger partial charge >= 0.3 is 0 Å². The number of aromatic nitrogens is 5. The predicted molar refractivity (Wildman–Crippen MR) is 141 cm³/mol. The van der Waals surface area contributed by atoms with Gasteiger partial charge in [0.2, 0.25) is 0 Å². The number of nitrogens with zero attached hydrogens (tertiary/aromatic N) is 6. The highest BCUT2D eigenvalue weighted by Gasteiger charge is 2.22. The van der Waals surface area contributed by atoms with Crippen molar-refractivity contribution in [3.8, 4) is 5.75 Å². The molecule has 182 valence electrons. The minimum atomic E-state index is 0. The molecule has 1 aliphatic heterocycles. The zero-order valence-corrected chi connectivity index (χ0v) is 22.1. The fraction of sp³-hybridized carbons (Fsp3) is 0.500. The monoisotopic (exact) mass is 576 g/mol. The molecule has 1 atom stereocenters. The summed E-state index contributed by atoms with van der Waals surface area (Å²) in [6.45, 7) is 3.67. The summed E-state index contributed by atoms with van der Waals surface area (Å²) in [5, 5.41) is 20.3. The maximum absolute atomic E-state index is 5.83. The molecule has 1 saturated carbocycles. The smallest absolute Gasteiger partial charge is 0.192 e. The fourth-order valence-electron chi connectivity index (χ4n) is 4.57. The minimum absolute atomic E-state index is 0. The van der Waals surface area contributed by atoms with Crippen LogP contribution >= 0.6 is 24.0 Å². The average molecular weight is 576 g/mol. The molecule has 0 amide bonds. The van der Waals surface area contributed by atoms with Crippen LogP contribution in [0.4, 0.5) is 0 Å². The van der Waals surface area contributed by atoms with Crippen molar-refractivity contribution in [3.63, 3.8) is 0 Å². The van der Waals surface area contributed by atoms with Crippen LogP contribution < -0.4 is 15.4 Å². The first kappa shape index (κ1) is 24.5. The van der Waals surface area contributed by atoms with Crippen LogP contribution in [0, 0.1) is 6.92 Å². The SMILES string of the molecule is Cc1nnc(CNC(=NCc2ccn(C3CCCC3)n2)NC2CCOc3ccccc32)n1C.I. The van der Waals surface area contributed by atoms with E-state index in [9.17, 15) is 0 Å². The zero-order chi connectivity index (χ0) is 22.6. The molecule has 5 rings (SSSR count). The Balaban J connectivity index is 0.00000274. The first-order chi connectivity index (χ1) is 16.2. The van der Waals surface area contributed by atoms with E-state index in [0.29, 0.717) is 25.7 Å². The van der Waals surface area contributed by atoms with Crippen LogP contribution in [0.3, 0.4) is 0 Å². The van der Waals surface area contributed by atoms with E-state index in [1.54, 1.807) is 0 Å². The zero-order valence-electron chi connectivity index (χ0n) is 19.8. The number of aliphatic imine (C=N–C) groups is 1. The Bertz CT molecular complexity index is 1120. The van der Waals surface area contributed by atoms with E-state index in [1.165, 1.54) is 25.7 Å². The highest BCUT2D eigenvalue weighted by Crippen LogP contribution is 2.31. The van der Waals surface area contributed by atoms with Gasteiger partial charge in [-0.15, -0.1) is 34.2 Å². The van der Waals surface area contributed by atoms with Crippen LogP contribution in [-0.4, -0.2) is 37.1 Å². The van der Waals surface area contributed by atoms with Crippen molar-refractivity contribution in [2.75, 3.05) is 6.61 Å². The van der Waals surface area contributed by atoms with Crippen LogP contribution in [0.5, 0.6) is 5.75 Å². The van der Waals surface area contributed by atoms with E-state index in [2.05, 4.69) is 43.8 Å². The molecule has 1 aliphatic carbocycles. The molecule has 0 radical (unpaired) electrons. The van der Waals surface area contributed by atoms with Crippen molar-refractivity contribution < 1.29 is 4.74 Å². The molecule has 9 nitrogen and oxygen atoms in total. The van der Waals surface area contributed by atoms with E-state index in [1.807, 2.05) is 36.7 Å². The molecule has 3 heterocycles. The second-order valence-corrected chi connectivity index (χ2v) is 8.84. The Kier molecular flexibility index (Phi) is 8.07. The average Bonchev–Trinajstić information content (AvgIpc) is 3.59. The topological polar surface area (TPSA) is 94.2 Å². The summed E-state index contributed by atoms with van der Waals surface area (Å²) < 4.78 is 9.93. The lowest BCUT2D eigenvalue weighted by Crippen LogP contribution is -2.41. The van der Waals surface area contributed by atoms with Gasteiger partial charge in [-0.1, -0.05) is 31.0 Å². The van der Waals surface area contributed by atoms with Crippen LogP contribution in [0.25, 0.3) is 0 Å². The number of nitrogens with one attached hydrogen (secondary N) is 2. The molecular weight excluding hydrogens is 543 g/mol. The van der Waals surface area contributed by atoms with Crippen molar-refractivity contribution in [1.82, 2.24) is 35.2 Å². The standard InChI is InChI=1S/C24H32N8O.HI/c1-17-28-29-23(31(17)2)16-26-24(27-21-12-14-33-22-10-6-5-9-20(21)22)25-15-18-11-13-32(30-18)19-7-3-4-8-19;/h5-6,9-11,13,19,21H,3-4,7-8,12,14-16H2,1-2H3,(H2,25,26,27);1H. The largest absolute Gasteiger partial charge is 0.493 e. The number of hydrogen-bond donors (Lipinski definition) is 2. The number of hydrogen-bond acceptors (Lipinski definition) is 5. The number of ether oxygens (including phenoxy) is 1. The molecular formula is C24H33IN8O. The number of fused-ring (bicyclic) bond motifs is 1. The molecule has 1 aromatic carbocycles. The highest BCUT2D eigenvalue weighted by atomic mass is 127. The number of para-hydroxylation sites is 1. The summed E-state index contributed by atoms with van der Waals surface area (Å²) in [5.41, 5.74) is 2.13. The third kappa shape index (κ3) is 5.53. The lowest BCUT2D eigenvalue weighted by Gasteiger charge is -2.28. The van der Waals surface area contributed by atoms with E-state index in [4.69, 9.17) is 14.8 Å². The maximum Gasteiger partial charge on any atom is 0.192 e. The summed E-state index contributed by atoms with van der Waals surface area (Å²) in [4.78, 5) is 4.87. The Morgan fingerprint density at radius 3 is 2.76 bits per heavy atom. The Hall–Kier alpha value is -2.63. The van der Waals surface area contributed by atoms with Crippen LogP contribution in [0.1, 0.15) is 67.1 Å². The first-order valence-electron chi connectivity index (χ1n) is 11.8. The van der Waals surface area contributed by atoms with Crippen molar-refractivity contribution >= 4 is 29.9 Å². The molecule has 2 aliphatic rings. The fourth-order valence-corrected chi connectivity index (χ4v) is 4.57. The number of guanidine groups is 1. The summed E-state index contributed by atoms with van der Waals surface area (Å²) in [5.74, 6) is 3.40. The van der Waals surface area contributed by atoms with Gasteiger partial charge in [0.05, 0.1) is 37.5 Å². The Labute approximate surface area is 217 Å². The van der Waals surface area contributed by atoms with E-state index >= 15 is 0 Å². The number of halogens is 1. The van der Waals surface area contributed by atoms with Gasteiger partial charge in [-0.25, -0.2) is 4.99 Å². The summed E-state index contributed by atoms with van der Waals surface area (Å²) in [6, 6.07) is 10.9. The summed E-state index contributed by atoms with van der Waals surface area (Å²) in [7, 11) is 1.97. The van der Waals surface area contributed by atoms with Crippen LogP contribution in [0.2, 0.25) is 0 Å². The van der Waals surface area contributed by atoms with Crippen LogP contribution in [-0.2, 0) is 20.1 Å². The molecule has 2 aromatic heterocycles.